The number of ether oxygens (including phenoxy) is 1. The lowest BCUT2D eigenvalue weighted by atomic mass is 10.2. The highest BCUT2D eigenvalue weighted by Gasteiger charge is 2.12. The van der Waals surface area contributed by atoms with Gasteiger partial charge in [0.1, 0.15) is 5.75 Å². The van der Waals surface area contributed by atoms with Crippen LogP contribution in [0.2, 0.25) is 0 Å². The van der Waals surface area contributed by atoms with Crippen molar-refractivity contribution in [1.82, 2.24) is 0 Å². The second kappa shape index (κ2) is 5.50. The van der Waals surface area contributed by atoms with Crippen molar-refractivity contribution in [3.63, 3.8) is 0 Å². The SMILES string of the molecule is Cc1ccc(Oc2ccc(CN)c(Br)c2F)cc1. The maximum absolute atomic E-state index is 14.0. The summed E-state index contributed by atoms with van der Waals surface area (Å²) in [6, 6.07) is 10.8. The summed E-state index contributed by atoms with van der Waals surface area (Å²) in [5, 5.41) is 0. The molecular weight excluding hydrogens is 297 g/mol. The highest BCUT2D eigenvalue weighted by atomic mass is 79.9. The lowest BCUT2D eigenvalue weighted by Gasteiger charge is -2.10. The maximum atomic E-state index is 14.0. The van der Waals surface area contributed by atoms with Gasteiger partial charge in [0, 0.05) is 6.54 Å². The standard InChI is InChI=1S/C14H13BrFNO/c1-9-2-5-11(6-3-9)18-12-7-4-10(8-17)13(15)14(12)16/h2-7H,8,17H2,1H3. The second-order valence-electron chi connectivity index (χ2n) is 3.97. The van der Waals surface area contributed by atoms with E-state index in [2.05, 4.69) is 15.9 Å². The third-order valence-corrected chi connectivity index (χ3v) is 3.45. The van der Waals surface area contributed by atoms with Crippen molar-refractivity contribution < 1.29 is 9.13 Å². The van der Waals surface area contributed by atoms with Gasteiger partial charge in [-0.1, -0.05) is 23.8 Å². The molecule has 0 heterocycles. The molecule has 2 aromatic rings. The zero-order chi connectivity index (χ0) is 13.1. The van der Waals surface area contributed by atoms with Crippen molar-refractivity contribution in [2.24, 2.45) is 5.73 Å². The summed E-state index contributed by atoms with van der Waals surface area (Å²) in [6.45, 7) is 2.26. The van der Waals surface area contributed by atoms with Crippen molar-refractivity contribution in [2.45, 2.75) is 13.5 Å². The Labute approximate surface area is 114 Å². The van der Waals surface area contributed by atoms with E-state index in [-0.39, 0.29) is 12.3 Å². The van der Waals surface area contributed by atoms with Gasteiger partial charge in [0.05, 0.1) is 4.47 Å². The number of hydrogen-bond donors (Lipinski definition) is 1. The fourth-order valence-electron chi connectivity index (χ4n) is 1.54. The Hall–Kier alpha value is -1.39. The molecule has 0 atom stereocenters. The van der Waals surface area contributed by atoms with Crippen LogP contribution in [0.5, 0.6) is 11.5 Å². The molecule has 94 valence electrons. The summed E-state index contributed by atoms with van der Waals surface area (Å²) in [5.41, 5.74) is 7.34. The normalized spacial score (nSPS) is 10.4. The average molecular weight is 310 g/mol. The van der Waals surface area contributed by atoms with Crippen LogP contribution in [-0.2, 0) is 6.54 Å². The summed E-state index contributed by atoms with van der Waals surface area (Å²) in [6.07, 6.45) is 0. The molecule has 0 spiro atoms. The summed E-state index contributed by atoms with van der Waals surface area (Å²) in [5.74, 6) is 0.355. The van der Waals surface area contributed by atoms with E-state index in [1.807, 2.05) is 19.1 Å². The number of benzene rings is 2. The zero-order valence-corrected chi connectivity index (χ0v) is 11.5. The van der Waals surface area contributed by atoms with Gasteiger partial charge >= 0.3 is 0 Å². The molecule has 2 rings (SSSR count). The van der Waals surface area contributed by atoms with Gasteiger partial charge in [-0.3, -0.25) is 0 Å². The van der Waals surface area contributed by atoms with E-state index in [0.717, 1.165) is 5.56 Å². The van der Waals surface area contributed by atoms with Gasteiger partial charge in [-0.05, 0) is 46.6 Å². The quantitative estimate of drug-likeness (QED) is 0.924. The maximum Gasteiger partial charge on any atom is 0.180 e. The minimum absolute atomic E-state index is 0.183. The van der Waals surface area contributed by atoms with Crippen molar-refractivity contribution in [3.05, 3.63) is 57.8 Å². The Morgan fingerprint density at radius 3 is 2.44 bits per heavy atom. The molecule has 0 unspecified atom stereocenters. The molecule has 2 aromatic carbocycles. The van der Waals surface area contributed by atoms with Crippen LogP contribution in [0, 0.1) is 12.7 Å². The first kappa shape index (κ1) is 13.1. The van der Waals surface area contributed by atoms with Crippen LogP contribution >= 0.6 is 15.9 Å². The lowest BCUT2D eigenvalue weighted by Crippen LogP contribution is -2.00. The molecule has 18 heavy (non-hydrogen) atoms. The molecule has 0 aliphatic heterocycles. The van der Waals surface area contributed by atoms with Gasteiger partial charge in [-0.25, -0.2) is 4.39 Å². The van der Waals surface area contributed by atoms with Crippen LogP contribution < -0.4 is 10.5 Å². The van der Waals surface area contributed by atoms with Crippen LogP contribution in [0.15, 0.2) is 40.9 Å². The van der Waals surface area contributed by atoms with Gasteiger partial charge in [0.2, 0.25) is 0 Å². The molecule has 2 N–H and O–H groups in total. The summed E-state index contributed by atoms with van der Waals surface area (Å²) >= 11 is 3.18. The van der Waals surface area contributed by atoms with E-state index in [4.69, 9.17) is 10.5 Å². The number of halogens is 2. The monoisotopic (exact) mass is 309 g/mol. The number of aryl methyl sites for hydroxylation is 1. The summed E-state index contributed by atoms with van der Waals surface area (Å²) in [7, 11) is 0. The molecule has 4 heteroatoms. The van der Waals surface area contributed by atoms with E-state index in [0.29, 0.717) is 15.8 Å². The Bertz CT molecular complexity index is 554. The van der Waals surface area contributed by atoms with Crippen LogP contribution in [0.3, 0.4) is 0 Å². The van der Waals surface area contributed by atoms with E-state index < -0.39 is 5.82 Å². The molecule has 0 bridgehead atoms. The van der Waals surface area contributed by atoms with Gasteiger partial charge in [0.25, 0.3) is 0 Å². The predicted molar refractivity (Wildman–Crippen MR) is 73.2 cm³/mol. The fraction of sp³-hybridized carbons (Fsp3) is 0.143. The van der Waals surface area contributed by atoms with E-state index in [9.17, 15) is 4.39 Å². The van der Waals surface area contributed by atoms with Gasteiger partial charge in [-0.15, -0.1) is 0 Å². The Kier molecular flexibility index (Phi) is 3.99. The number of rotatable bonds is 3. The van der Waals surface area contributed by atoms with Gasteiger partial charge in [-0.2, -0.15) is 0 Å². The first-order chi connectivity index (χ1) is 8.61. The molecule has 2 nitrogen and oxygen atoms in total. The molecule has 0 aliphatic carbocycles. The first-order valence-electron chi connectivity index (χ1n) is 5.53. The Morgan fingerprint density at radius 1 is 1.17 bits per heavy atom. The van der Waals surface area contributed by atoms with Gasteiger partial charge in [0.15, 0.2) is 11.6 Å². The van der Waals surface area contributed by atoms with Crippen LogP contribution in [0.25, 0.3) is 0 Å². The minimum atomic E-state index is -0.432. The predicted octanol–water partition coefficient (Wildman–Crippen LogP) is 4.15. The number of hydrogen-bond acceptors (Lipinski definition) is 2. The van der Waals surface area contributed by atoms with Gasteiger partial charge < -0.3 is 10.5 Å². The largest absolute Gasteiger partial charge is 0.454 e. The smallest absolute Gasteiger partial charge is 0.180 e. The minimum Gasteiger partial charge on any atom is -0.454 e. The van der Waals surface area contributed by atoms with Crippen molar-refractivity contribution in [2.75, 3.05) is 0 Å². The third-order valence-electron chi connectivity index (χ3n) is 2.60. The molecule has 0 fully saturated rings. The molecule has 0 radical (unpaired) electrons. The number of nitrogens with two attached hydrogens (primary N) is 1. The highest BCUT2D eigenvalue weighted by Crippen LogP contribution is 2.31. The fourth-order valence-corrected chi connectivity index (χ4v) is 2.03. The molecule has 0 saturated heterocycles. The van der Waals surface area contributed by atoms with E-state index in [1.165, 1.54) is 0 Å². The Balaban J connectivity index is 2.29. The highest BCUT2D eigenvalue weighted by molar-refractivity contribution is 9.10. The molecule has 0 amide bonds. The lowest BCUT2D eigenvalue weighted by molar-refractivity contribution is 0.439. The van der Waals surface area contributed by atoms with Crippen LogP contribution in [0.4, 0.5) is 4.39 Å². The van der Waals surface area contributed by atoms with Crippen molar-refractivity contribution >= 4 is 15.9 Å². The van der Waals surface area contributed by atoms with E-state index >= 15 is 0 Å². The Morgan fingerprint density at radius 2 is 1.83 bits per heavy atom. The second-order valence-corrected chi connectivity index (χ2v) is 4.76. The van der Waals surface area contributed by atoms with Crippen molar-refractivity contribution in [3.8, 4) is 11.5 Å². The van der Waals surface area contributed by atoms with Crippen molar-refractivity contribution in [1.29, 1.82) is 0 Å². The molecular formula is C14H13BrFNO. The summed E-state index contributed by atoms with van der Waals surface area (Å²) in [4.78, 5) is 0. The molecule has 0 saturated carbocycles. The molecule has 0 aromatic heterocycles. The van der Waals surface area contributed by atoms with Crippen LogP contribution in [0.1, 0.15) is 11.1 Å². The van der Waals surface area contributed by atoms with E-state index in [1.54, 1.807) is 24.3 Å². The summed E-state index contributed by atoms with van der Waals surface area (Å²) < 4.78 is 19.8. The average Bonchev–Trinajstić information content (AvgIpc) is 2.38. The zero-order valence-electron chi connectivity index (χ0n) is 9.91. The first-order valence-corrected chi connectivity index (χ1v) is 6.32. The topological polar surface area (TPSA) is 35.2 Å². The molecule has 0 aliphatic rings. The van der Waals surface area contributed by atoms with Crippen LogP contribution in [-0.4, -0.2) is 0 Å². The third kappa shape index (κ3) is 2.71.